The van der Waals surface area contributed by atoms with Crippen LogP contribution >= 0.6 is 0 Å². The van der Waals surface area contributed by atoms with Gasteiger partial charge in [0, 0.05) is 11.8 Å². The number of halogens is 2. The molecule has 2 fully saturated rings. The van der Waals surface area contributed by atoms with Gasteiger partial charge in [0.15, 0.2) is 0 Å². The minimum atomic E-state index is -2.32. The van der Waals surface area contributed by atoms with Crippen LogP contribution in [0.3, 0.4) is 0 Å². The summed E-state index contributed by atoms with van der Waals surface area (Å²) in [6.07, 6.45) is 1.13. The Balaban J connectivity index is 2.14. The van der Waals surface area contributed by atoms with E-state index in [0.717, 1.165) is 5.57 Å². The first-order chi connectivity index (χ1) is 4.12. The van der Waals surface area contributed by atoms with Crippen molar-refractivity contribution in [2.75, 3.05) is 0 Å². The molecule has 2 unspecified atom stereocenters. The van der Waals surface area contributed by atoms with Crippen LogP contribution in [0.25, 0.3) is 0 Å². The minimum absolute atomic E-state index is 0.329. The van der Waals surface area contributed by atoms with Gasteiger partial charge in [-0.05, 0) is 12.8 Å². The fourth-order valence-electron chi connectivity index (χ4n) is 1.72. The molecule has 50 valence electrons. The molecule has 0 radical (unpaired) electrons. The van der Waals surface area contributed by atoms with E-state index in [-0.39, 0.29) is 11.8 Å². The first kappa shape index (κ1) is 5.39. The van der Waals surface area contributed by atoms with Gasteiger partial charge in [0.05, 0.1) is 0 Å². The Bertz CT molecular complexity index is 156. The van der Waals surface area contributed by atoms with Gasteiger partial charge in [-0.25, -0.2) is 8.78 Å². The highest BCUT2D eigenvalue weighted by Gasteiger charge is 2.70. The number of allylic oxidation sites excluding steroid dienone is 1. The highest BCUT2D eigenvalue weighted by Crippen LogP contribution is 2.65. The molecule has 0 aromatic rings. The number of fused-ring (bicyclic) bond motifs is 1. The fourth-order valence-corrected chi connectivity index (χ4v) is 1.72. The van der Waals surface area contributed by atoms with E-state index in [1.54, 1.807) is 0 Å². The molecule has 2 rings (SSSR count). The van der Waals surface area contributed by atoms with Gasteiger partial charge in [-0.1, -0.05) is 12.2 Å². The summed E-state index contributed by atoms with van der Waals surface area (Å²) < 4.78 is 24.7. The van der Waals surface area contributed by atoms with Crippen LogP contribution in [-0.4, -0.2) is 5.92 Å². The summed E-state index contributed by atoms with van der Waals surface area (Å²) in [4.78, 5) is 0. The van der Waals surface area contributed by atoms with Crippen molar-refractivity contribution in [3.05, 3.63) is 12.2 Å². The minimum Gasteiger partial charge on any atom is -0.206 e. The predicted molar refractivity (Wildman–Crippen MR) is 30.3 cm³/mol. The monoisotopic (exact) mass is 130 g/mol. The van der Waals surface area contributed by atoms with Crippen molar-refractivity contribution in [2.24, 2.45) is 11.8 Å². The Kier molecular flexibility index (Phi) is 0.719. The molecular formula is C7H8F2. The molecule has 0 bridgehead atoms. The van der Waals surface area contributed by atoms with E-state index in [9.17, 15) is 8.78 Å². The normalized spacial score (nSPS) is 44.9. The number of hydrogen-bond acceptors (Lipinski definition) is 0. The zero-order chi connectivity index (χ0) is 6.65. The van der Waals surface area contributed by atoms with Gasteiger partial charge in [0.2, 0.25) is 0 Å². The van der Waals surface area contributed by atoms with Crippen molar-refractivity contribution in [1.29, 1.82) is 0 Å². The molecule has 0 N–H and O–H groups in total. The van der Waals surface area contributed by atoms with Crippen LogP contribution in [0.15, 0.2) is 12.2 Å². The van der Waals surface area contributed by atoms with Gasteiger partial charge < -0.3 is 0 Å². The topological polar surface area (TPSA) is 0 Å². The molecule has 2 heteroatoms. The Morgan fingerprint density at radius 3 is 2.11 bits per heavy atom. The lowest BCUT2D eigenvalue weighted by Gasteiger charge is -2.00. The lowest BCUT2D eigenvalue weighted by molar-refractivity contribution is 0.0787. The summed E-state index contributed by atoms with van der Waals surface area (Å²) in [6.45, 7) is 3.67. The third-order valence-corrected chi connectivity index (χ3v) is 2.38. The standard InChI is InChI=1S/C7H8F2/c1-4-2-5-6(3-4)7(5,8)9/h5-6H,1-3H2. The molecule has 2 aliphatic rings. The third kappa shape index (κ3) is 0.511. The molecule has 0 heterocycles. The van der Waals surface area contributed by atoms with E-state index in [0.29, 0.717) is 12.8 Å². The molecular weight excluding hydrogens is 122 g/mol. The molecule has 9 heavy (non-hydrogen) atoms. The van der Waals surface area contributed by atoms with Gasteiger partial charge in [0.1, 0.15) is 0 Å². The van der Waals surface area contributed by atoms with Crippen molar-refractivity contribution in [2.45, 2.75) is 18.8 Å². The second-order valence-corrected chi connectivity index (χ2v) is 3.05. The number of hydrogen-bond donors (Lipinski definition) is 0. The first-order valence-electron chi connectivity index (χ1n) is 3.17. The van der Waals surface area contributed by atoms with E-state index in [1.165, 1.54) is 0 Å². The van der Waals surface area contributed by atoms with Crippen LogP contribution in [0.2, 0.25) is 0 Å². The van der Waals surface area contributed by atoms with Crippen molar-refractivity contribution < 1.29 is 8.78 Å². The molecule has 0 aliphatic heterocycles. The van der Waals surface area contributed by atoms with Crippen molar-refractivity contribution in [1.82, 2.24) is 0 Å². The number of alkyl halides is 2. The zero-order valence-corrected chi connectivity index (χ0v) is 5.03. The van der Waals surface area contributed by atoms with Crippen LogP contribution in [0.5, 0.6) is 0 Å². The second kappa shape index (κ2) is 1.20. The third-order valence-electron chi connectivity index (χ3n) is 2.38. The Morgan fingerprint density at radius 1 is 1.33 bits per heavy atom. The molecule has 0 amide bonds. The average molecular weight is 130 g/mol. The summed E-state index contributed by atoms with van der Waals surface area (Å²) in [5.41, 5.74) is 1.01. The zero-order valence-electron chi connectivity index (χ0n) is 5.03. The molecule has 0 nitrogen and oxygen atoms in total. The average Bonchev–Trinajstić information content (AvgIpc) is 2.27. The van der Waals surface area contributed by atoms with Crippen LogP contribution in [0, 0.1) is 11.8 Å². The molecule has 2 aliphatic carbocycles. The van der Waals surface area contributed by atoms with E-state index >= 15 is 0 Å². The highest BCUT2D eigenvalue weighted by atomic mass is 19.3. The van der Waals surface area contributed by atoms with Crippen LogP contribution in [0.1, 0.15) is 12.8 Å². The van der Waals surface area contributed by atoms with Gasteiger partial charge in [-0.3, -0.25) is 0 Å². The van der Waals surface area contributed by atoms with Crippen LogP contribution in [-0.2, 0) is 0 Å². The highest BCUT2D eigenvalue weighted by molar-refractivity contribution is 5.22. The smallest absolute Gasteiger partial charge is 0.206 e. The SMILES string of the molecule is C=C1CC2C(C1)C2(F)F. The lowest BCUT2D eigenvalue weighted by atomic mass is 10.1. The van der Waals surface area contributed by atoms with Crippen molar-refractivity contribution in [3.63, 3.8) is 0 Å². The summed E-state index contributed by atoms with van der Waals surface area (Å²) in [5.74, 6) is -2.98. The van der Waals surface area contributed by atoms with E-state index in [4.69, 9.17) is 0 Å². The first-order valence-corrected chi connectivity index (χ1v) is 3.17. The second-order valence-electron chi connectivity index (χ2n) is 3.05. The summed E-state index contributed by atoms with van der Waals surface area (Å²) in [5, 5.41) is 0. The maximum atomic E-state index is 12.4. The van der Waals surface area contributed by atoms with Gasteiger partial charge in [-0.2, -0.15) is 0 Å². The van der Waals surface area contributed by atoms with E-state index in [1.807, 2.05) is 0 Å². The molecule has 2 atom stereocenters. The summed E-state index contributed by atoms with van der Waals surface area (Å²) >= 11 is 0. The lowest BCUT2D eigenvalue weighted by Crippen LogP contribution is -1.99. The summed E-state index contributed by atoms with van der Waals surface area (Å²) in [6, 6.07) is 0. The Hall–Kier alpha value is -0.400. The van der Waals surface area contributed by atoms with Gasteiger partial charge in [-0.15, -0.1) is 0 Å². The molecule has 0 aromatic heterocycles. The fraction of sp³-hybridized carbons (Fsp3) is 0.714. The molecule has 0 saturated heterocycles. The maximum Gasteiger partial charge on any atom is 0.255 e. The van der Waals surface area contributed by atoms with Crippen LogP contribution < -0.4 is 0 Å². The Morgan fingerprint density at radius 2 is 1.78 bits per heavy atom. The largest absolute Gasteiger partial charge is 0.255 e. The van der Waals surface area contributed by atoms with Gasteiger partial charge >= 0.3 is 0 Å². The summed E-state index contributed by atoms with van der Waals surface area (Å²) in [7, 11) is 0. The van der Waals surface area contributed by atoms with Crippen molar-refractivity contribution in [3.8, 4) is 0 Å². The maximum absolute atomic E-state index is 12.4. The van der Waals surface area contributed by atoms with Crippen molar-refractivity contribution >= 4 is 0 Å². The molecule has 2 saturated carbocycles. The van der Waals surface area contributed by atoms with Gasteiger partial charge in [0.25, 0.3) is 5.92 Å². The van der Waals surface area contributed by atoms with E-state index in [2.05, 4.69) is 6.58 Å². The molecule has 0 aromatic carbocycles. The predicted octanol–water partition coefficient (Wildman–Crippen LogP) is 2.22. The quantitative estimate of drug-likeness (QED) is 0.441. The number of rotatable bonds is 0. The molecule has 0 spiro atoms. The van der Waals surface area contributed by atoms with Crippen LogP contribution in [0.4, 0.5) is 8.78 Å². The Labute approximate surface area is 52.6 Å². The van der Waals surface area contributed by atoms with E-state index < -0.39 is 5.92 Å².